The van der Waals surface area contributed by atoms with Crippen molar-refractivity contribution >= 4 is 125 Å². The number of ether oxygens (including phenoxy) is 1. The molecule has 20 heterocycles. The summed E-state index contributed by atoms with van der Waals surface area (Å²) >= 11 is 0. The van der Waals surface area contributed by atoms with Crippen LogP contribution in [0.5, 0.6) is 5.88 Å². The largest absolute Gasteiger partial charge is 0.475 e. The molecule has 0 unspecified atom stereocenters. The van der Waals surface area contributed by atoms with Crippen molar-refractivity contribution in [3.8, 4) is 5.88 Å². The van der Waals surface area contributed by atoms with Gasteiger partial charge in [0.2, 0.25) is 6.33 Å². The zero-order valence-electron chi connectivity index (χ0n) is 91.9. The Hall–Kier alpha value is -13.9. The van der Waals surface area contributed by atoms with E-state index in [1.54, 1.807) is 9.03 Å². The van der Waals surface area contributed by atoms with Gasteiger partial charge in [0.05, 0.1) is 241 Å². The van der Waals surface area contributed by atoms with Gasteiger partial charge in [0.1, 0.15) is 64.4 Å². The highest BCUT2D eigenvalue weighted by Crippen LogP contribution is 2.34. The number of pyridine rings is 7. The van der Waals surface area contributed by atoms with Crippen molar-refractivity contribution in [2.45, 2.75) is 32.7 Å². The van der Waals surface area contributed by atoms with Crippen LogP contribution < -0.4 is 89.5 Å². The van der Waals surface area contributed by atoms with E-state index in [0.717, 1.165) is 251 Å². The molecule has 0 bridgehead atoms. The summed E-state index contributed by atoms with van der Waals surface area (Å²) in [6.07, 6.45) is 22.9. The lowest BCUT2D eigenvalue weighted by Gasteiger charge is -2.42. The molecule has 0 radical (unpaired) electrons. The first-order valence-electron chi connectivity index (χ1n) is 49.6. The summed E-state index contributed by atoms with van der Waals surface area (Å²) in [5, 5.41) is 50.6. The predicted octanol–water partition coefficient (Wildman–Crippen LogP) is 9.87. The molecule has 0 atom stereocenters. The molecule has 19 N–H and O–H groups in total. The van der Waals surface area contributed by atoms with E-state index in [-0.39, 0.29) is 58.6 Å². The summed E-state index contributed by atoms with van der Waals surface area (Å²) in [6, 6.07) is 49.6. The smallest absolute Gasteiger partial charge is 0.257 e. The van der Waals surface area contributed by atoms with Gasteiger partial charge in [-0.2, -0.15) is 0 Å². The Bertz CT molecular complexity index is 6670. The van der Waals surface area contributed by atoms with Gasteiger partial charge in [-0.3, -0.25) is 14.3 Å². The summed E-state index contributed by atoms with van der Waals surface area (Å²) < 4.78 is 27.8. The second-order valence-electron chi connectivity index (χ2n) is 40.6. The number of aliphatic hydroxyl groups is 1. The number of nitrogens with two attached hydrogens (primary N) is 7. The van der Waals surface area contributed by atoms with Crippen LogP contribution >= 0.6 is 0 Å². The molecule has 808 valence electrons. The van der Waals surface area contributed by atoms with Gasteiger partial charge in [0.15, 0.2) is 34.9 Å². The molecule has 16 aromatic rings. The molecule has 1 aromatic carbocycles. The number of likely N-dealkylation sites (N-methyl/N-ethyl adjacent to an activating group) is 4. The standard InChI is InChI=1S/C17H29N6.C16H20N5.C15H25N6.C14H18N5O.C14H22N5.C13H19N5O.C13H20N5.7CH3/c1-3-12-23(2)13-10-21(11-14-23)9-7-19-17-16(18)15-6-4-5-8-22(15)20-17;1-21(2,3)13-9-7-12(8-10-13)18-16-15(17)14-6-4-5-11-20(14)19-16;1-21(2)11-9-19(10-12-21)8-6-17-15-14(16)13-5-3-4-7-20(13)18-15;1-17-8-9-18(11-17)6-4-10-20-14-13(15)12-5-2-3-7-19(12)16-14;1-19(2)10-5-7-17(9-11-19)14-13(15)12-6-3-4-8-18(12)16-14;14-12-11-3-1-2-4-18(11)15-13(12)17-7-5-16(6-8-17)9-10-19;1-18(2)9-7-16(8-10-18)13-12(14)11-5-3-4-6-17(11)15-13;;;;;;;/h4-6,8H,3,7,9-14,18H2,1-2H3,(H,19,20);4-11H,17H2,1-3H3,(H,18,19);3-5,7H,6,8-12,16H2,1-2H3,(H,17,18);2-3,5,7-9,11H,4,6,10,15H2,1H3;3-4,6,8H,5,7,9-11,15H2,1-2H3;1-4,19H,5-10,14H2;3-6H,7-10,14H2,1-2H3;7*1H3/q5*+1;;+1;7*-1/p+1. The Morgan fingerprint density at radius 2 is 0.750 bits per heavy atom. The molecule has 5 aliphatic rings. The minimum atomic E-state index is 0. The third-order valence-corrected chi connectivity index (χ3v) is 27.6. The molecular formula is C109H175N37O2. The maximum Gasteiger partial charge on any atom is 0.257 e. The first kappa shape index (κ1) is 119. The van der Waals surface area contributed by atoms with Gasteiger partial charge in [-0.1, -0.05) is 49.4 Å². The van der Waals surface area contributed by atoms with Gasteiger partial charge in [-0.25, -0.2) is 40.7 Å². The fourth-order valence-corrected chi connectivity index (χ4v) is 18.5. The van der Waals surface area contributed by atoms with Crippen LogP contribution in [0, 0.1) is 52.0 Å². The third-order valence-electron chi connectivity index (χ3n) is 27.6. The number of benzene rings is 1. The average molecular weight is 2040 g/mol. The first-order chi connectivity index (χ1) is 67.8. The van der Waals surface area contributed by atoms with Crippen molar-refractivity contribution < 1.29 is 37.2 Å². The van der Waals surface area contributed by atoms with Gasteiger partial charge in [0.25, 0.3) is 5.88 Å². The number of nitrogens with one attached hydrogen (secondary N) is 4. The number of aryl methyl sites for hydroxylation is 2. The van der Waals surface area contributed by atoms with Crippen molar-refractivity contribution in [1.29, 1.82) is 0 Å². The van der Waals surface area contributed by atoms with E-state index in [0.29, 0.717) is 29.7 Å². The molecule has 0 aliphatic carbocycles. The molecule has 21 rings (SSSR count). The van der Waals surface area contributed by atoms with E-state index in [9.17, 15) is 0 Å². The summed E-state index contributed by atoms with van der Waals surface area (Å²) in [4.78, 5) is 13.3. The Morgan fingerprint density at radius 1 is 0.399 bits per heavy atom. The molecular weight excluding hydrogens is 1860 g/mol. The van der Waals surface area contributed by atoms with E-state index in [2.05, 4.69) is 170 Å². The number of anilines is 14. The normalized spacial score (nSPS) is 15.8. The van der Waals surface area contributed by atoms with Gasteiger partial charge in [0, 0.05) is 133 Å². The monoisotopic (exact) mass is 2030 g/mol. The zero-order valence-corrected chi connectivity index (χ0v) is 91.9. The summed E-state index contributed by atoms with van der Waals surface area (Å²) in [7, 11) is 24.5. The third kappa shape index (κ3) is 30.4. The molecule has 148 heavy (non-hydrogen) atoms. The Balaban J connectivity index is 0.000000209. The van der Waals surface area contributed by atoms with Crippen molar-refractivity contribution in [2.75, 3.05) is 325 Å². The van der Waals surface area contributed by atoms with Crippen molar-refractivity contribution in [2.24, 2.45) is 7.05 Å². The van der Waals surface area contributed by atoms with E-state index in [4.69, 9.17) is 50.0 Å². The molecule has 0 amide bonds. The second kappa shape index (κ2) is 53.6. The van der Waals surface area contributed by atoms with Crippen molar-refractivity contribution in [3.05, 3.63) is 266 Å². The van der Waals surface area contributed by atoms with Crippen LogP contribution in [0.15, 0.2) is 214 Å². The summed E-state index contributed by atoms with van der Waals surface area (Å²) in [5.41, 5.74) is 57.0. The number of imidazole rings is 1. The average Bonchev–Trinajstić information content (AvgIpc) is 1.65. The summed E-state index contributed by atoms with van der Waals surface area (Å²) in [5.74, 6) is 5.52. The van der Waals surface area contributed by atoms with Crippen LogP contribution in [-0.4, -0.2) is 359 Å². The lowest BCUT2D eigenvalue weighted by atomic mass is 10.2. The minimum absolute atomic E-state index is 0. The van der Waals surface area contributed by atoms with E-state index in [1.807, 2.05) is 236 Å². The number of quaternary nitrogens is 6. The summed E-state index contributed by atoms with van der Waals surface area (Å²) in [6.45, 7) is 32.2. The number of rotatable bonds is 23. The second-order valence-corrected chi connectivity index (χ2v) is 40.6. The van der Waals surface area contributed by atoms with Gasteiger partial charge in [-0.15, -0.1) is 35.7 Å². The Morgan fingerprint density at radius 3 is 1.12 bits per heavy atom. The Labute approximate surface area is 879 Å². The minimum Gasteiger partial charge on any atom is -0.475 e. The first-order valence-corrected chi connectivity index (χ1v) is 49.6. The van der Waals surface area contributed by atoms with Crippen LogP contribution in [0.25, 0.3) is 38.6 Å². The number of aromatic nitrogens is 16. The number of piperazine rings is 4. The molecule has 39 nitrogen and oxygen atoms in total. The van der Waals surface area contributed by atoms with Crippen molar-refractivity contribution in [1.82, 2.24) is 86.1 Å². The quantitative estimate of drug-likeness (QED) is 0.0123. The molecule has 39 heteroatoms. The van der Waals surface area contributed by atoms with Gasteiger partial charge in [-0.05, 0) is 103 Å². The van der Waals surface area contributed by atoms with E-state index in [1.165, 1.54) is 80.3 Å². The fraction of sp³-hybridized carbons (Fsp3) is 0.404. The van der Waals surface area contributed by atoms with Crippen LogP contribution in [0.3, 0.4) is 0 Å². The number of hydrogen-bond acceptors (Lipinski definition) is 24. The van der Waals surface area contributed by atoms with Crippen LogP contribution in [-0.2, 0) is 13.6 Å². The molecule has 5 fully saturated rings. The molecule has 0 saturated carbocycles. The van der Waals surface area contributed by atoms with Gasteiger partial charge >= 0.3 is 0 Å². The topological polar surface area (TPSA) is 398 Å². The highest BCUT2D eigenvalue weighted by Gasteiger charge is 2.32. The molecule has 15 aromatic heterocycles. The van der Waals surface area contributed by atoms with Crippen LogP contribution in [0.2, 0.25) is 0 Å². The predicted molar refractivity (Wildman–Crippen MR) is 618 cm³/mol. The number of hydrogen-bond donors (Lipinski definition) is 12. The van der Waals surface area contributed by atoms with Crippen LogP contribution in [0.4, 0.5) is 86.1 Å². The number of nitrogens with zero attached hydrogens (tertiary/aromatic N) is 26. The highest BCUT2D eigenvalue weighted by molar-refractivity contribution is 5.86. The van der Waals surface area contributed by atoms with Gasteiger partial charge < -0.3 is 155 Å². The fourth-order valence-electron chi connectivity index (χ4n) is 18.5. The molecule has 5 aliphatic heterocycles. The van der Waals surface area contributed by atoms with E-state index < -0.39 is 0 Å². The van der Waals surface area contributed by atoms with Crippen molar-refractivity contribution in [3.63, 3.8) is 0 Å². The Kier molecular flexibility index (Phi) is 43.2. The molecule has 5 saturated heterocycles. The maximum absolute atomic E-state index is 8.97. The van der Waals surface area contributed by atoms with Crippen LogP contribution in [0.1, 0.15) is 26.2 Å². The lowest BCUT2D eigenvalue weighted by molar-refractivity contribution is -0.913. The zero-order chi connectivity index (χ0) is 99.6. The number of aliphatic hydroxyl groups excluding tert-OH is 1. The maximum atomic E-state index is 8.97. The number of fused-ring (bicyclic) bond motifs is 7. The highest BCUT2D eigenvalue weighted by atomic mass is 16.5. The van der Waals surface area contributed by atoms with E-state index >= 15 is 0 Å². The SMILES string of the molecule is CCC[N+]1(C)CCN(CCNc2nn3ccccc3c2N)CC1.C[N+](C)(C)c1ccc(Nc2nn3ccccc3c2N)cc1.C[N+]1(C)CCCN(c2nn3ccccc3c2N)CC1.C[N+]1(C)CCN(CCNc2nn3ccccc3c2N)CC1.C[N+]1(C)CCN(c2nn3ccccc3c2N)CC1.C[n+]1ccn(CCCOc2nn3ccccc3c2N)c1.Nc1c(N2CC[NH+](CCO)CC2)nn2ccccc12.[CH3-].[CH3-].[CH3-].[CH3-].[CH3-].[CH3-].[CH3-]. The number of nitrogen functional groups attached to an aromatic ring is 7. The molecule has 0 spiro atoms. The lowest BCUT2D eigenvalue weighted by Crippen LogP contribution is -3.15.